The summed E-state index contributed by atoms with van der Waals surface area (Å²) in [5.74, 6) is 0. The highest BCUT2D eigenvalue weighted by atomic mass is 35.5. The Kier molecular flexibility index (Phi) is 7.02. The Morgan fingerprint density at radius 2 is 1.72 bits per heavy atom. The zero-order chi connectivity index (χ0) is 18.4. The molecule has 0 radical (unpaired) electrons. The summed E-state index contributed by atoms with van der Waals surface area (Å²) in [7, 11) is -3.41. The highest BCUT2D eigenvalue weighted by molar-refractivity contribution is 7.89. The summed E-state index contributed by atoms with van der Waals surface area (Å²) in [5.41, 5.74) is 2.15. The summed E-state index contributed by atoms with van der Waals surface area (Å²) in [6, 6.07) is 14.9. The van der Waals surface area contributed by atoms with E-state index in [1.54, 1.807) is 12.1 Å². The molecule has 0 bridgehead atoms. The van der Waals surface area contributed by atoms with Gasteiger partial charge in [-0.15, -0.1) is 0 Å². The first-order valence-corrected chi connectivity index (χ1v) is 10.3. The molecule has 0 aliphatic carbocycles. The first-order valence-electron chi connectivity index (χ1n) is 8.46. The monoisotopic (exact) mass is 380 g/mol. The van der Waals surface area contributed by atoms with Gasteiger partial charge in [0.15, 0.2) is 0 Å². The van der Waals surface area contributed by atoms with Crippen molar-refractivity contribution in [3.63, 3.8) is 0 Å². The lowest BCUT2D eigenvalue weighted by molar-refractivity contribution is 0.445. The van der Waals surface area contributed by atoms with Crippen molar-refractivity contribution in [2.24, 2.45) is 0 Å². The SMILES string of the molecule is CCN(CC)S(=O)(=O)c1ccc([C@@H](C)NCc2cccc(Cl)c2)cc1. The fourth-order valence-corrected chi connectivity index (χ4v) is 4.35. The predicted octanol–water partition coefficient (Wildman–Crippen LogP) is 4.22. The lowest BCUT2D eigenvalue weighted by Gasteiger charge is -2.19. The molecule has 0 spiro atoms. The van der Waals surface area contributed by atoms with Gasteiger partial charge in [-0.25, -0.2) is 8.42 Å². The predicted molar refractivity (Wildman–Crippen MR) is 103 cm³/mol. The molecule has 136 valence electrons. The minimum atomic E-state index is -3.41. The molecule has 0 unspecified atom stereocenters. The van der Waals surface area contributed by atoms with Crippen LogP contribution in [-0.4, -0.2) is 25.8 Å². The van der Waals surface area contributed by atoms with E-state index >= 15 is 0 Å². The molecule has 6 heteroatoms. The third-order valence-corrected chi connectivity index (χ3v) is 6.52. The molecule has 0 fully saturated rings. The van der Waals surface area contributed by atoms with Crippen molar-refractivity contribution in [2.45, 2.75) is 38.3 Å². The molecule has 0 aliphatic rings. The molecule has 0 saturated heterocycles. The summed E-state index contributed by atoms with van der Waals surface area (Å²) in [6.45, 7) is 7.38. The standard InChI is InChI=1S/C19H25ClN2O2S/c1-4-22(5-2)25(23,24)19-11-9-17(10-12-19)15(3)21-14-16-7-6-8-18(20)13-16/h6-13,15,21H,4-5,14H2,1-3H3/t15-/m1/s1. The third-order valence-electron chi connectivity index (χ3n) is 4.22. The summed E-state index contributed by atoms with van der Waals surface area (Å²) in [4.78, 5) is 0.335. The van der Waals surface area contributed by atoms with Gasteiger partial charge in [0, 0.05) is 30.7 Å². The maximum atomic E-state index is 12.5. The Bertz CT molecular complexity index is 787. The van der Waals surface area contributed by atoms with Crippen molar-refractivity contribution in [2.75, 3.05) is 13.1 Å². The van der Waals surface area contributed by atoms with Gasteiger partial charge >= 0.3 is 0 Å². The summed E-state index contributed by atoms with van der Waals surface area (Å²) >= 11 is 6.00. The Morgan fingerprint density at radius 1 is 1.08 bits per heavy atom. The first-order chi connectivity index (χ1) is 11.9. The molecule has 4 nitrogen and oxygen atoms in total. The second-order valence-electron chi connectivity index (χ2n) is 5.89. The zero-order valence-electron chi connectivity index (χ0n) is 14.9. The fraction of sp³-hybridized carbons (Fsp3) is 0.368. The normalized spacial score (nSPS) is 13.2. The van der Waals surface area contributed by atoms with Crippen LogP contribution in [0.4, 0.5) is 0 Å². The van der Waals surface area contributed by atoms with Crippen LogP contribution >= 0.6 is 11.6 Å². The Morgan fingerprint density at radius 3 is 2.28 bits per heavy atom. The smallest absolute Gasteiger partial charge is 0.243 e. The number of benzene rings is 2. The van der Waals surface area contributed by atoms with Gasteiger partial charge in [-0.3, -0.25) is 0 Å². The number of hydrogen-bond acceptors (Lipinski definition) is 3. The molecular formula is C19H25ClN2O2S. The van der Waals surface area contributed by atoms with E-state index in [1.807, 2.05) is 50.2 Å². The molecule has 1 N–H and O–H groups in total. The van der Waals surface area contributed by atoms with Crippen molar-refractivity contribution in [1.82, 2.24) is 9.62 Å². The molecule has 25 heavy (non-hydrogen) atoms. The van der Waals surface area contributed by atoms with Crippen LogP contribution in [0, 0.1) is 0 Å². The minimum absolute atomic E-state index is 0.101. The van der Waals surface area contributed by atoms with Crippen molar-refractivity contribution in [3.8, 4) is 0 Å². The van der Waals surface area contributed by atoms with Crippen LogP contribution in [0.1, 0.15) is 37.9 Å². The molecular weight excluding hydrogens is 356 g/mol. The maximum absolute atomic E-state index is 12.5. The third kappa shape index (κ3) is 5.05. The van der Waals surface area contributed by atoms with Crippen LogP contribution in [0.2, 0.25) is 5.02 Å². The Balaban J connectivity index is 2.06. The molecule has 0 aromatic heterocycles. The number of sulfonamides is 1. The van der Waals surface area contributed by atoms with Crippen molar-refractivity contribution in [3.05, 3.63) is 64.7 Å². The van der Waals surface area contributed by atoms with Gasteiger partial charge in [0.1, 0.15) is 0 Å². The first kappa shape index (κ1) is 19.9. The Hall–Kier alpha value is -1.40. The van der Waals surface area contributed by atoms with E-state index in [0.717, 1.165) is 16.1 Å². The van der Waals surface area contributed by atoms with Crippen LogP contribution in [-0.2, 0) is 16.6 Å². The summed E-state index contributed by atoms with van der Waals surface area (Å²) in [6.07, 6.45) is 0. The molecule has 0 amide bonds. The highest BCUT2D eigenvalue weighted by Gasteiger charge is 2.21. The lowest BCUT2D eigenvalue weighted by atomic mass is 10.1. The van der Waals surface area contributed by atoms with E-state index < -0.39 is 10.0 Å². The van der Waals surface area contributed by atoms with Gasteiger partial charge < -0.3 is 5.32 Å². The molecule has 0 saturated carbocycles. The van der Waals surface area contributed by atoms with Gasteiger partial charge in [0.2, 0.25) is 10.0 Å². The van der Waals surface area contributed by atoms with Crippen LogP contribution in [0.3, 0.4) is 0 Å². The second kappa shape index (κ2) is 8.81. The van der Waals surface area contributed by atoms with Crippen molar-refractivity contribution >= 4 is 21.6 Å². The Labute approximate surface area is 155 Å². The van der Waals surface area contributed by atoms with Gasteiger partial charge in [-0.05, 0) is 42.3 Å². The minimum Gasteiger partial charge on any atom is -0.306 e. The van der Waals surface area contributed by atoms with E-state index in [-0.39, 0.29) is 6.04 Å². The van der Waals surface area contributed by atoms with E-state index in [1.165, 1.54) is 4.31 Å². The lowest BCUT2D eigenvalue weighted by Crippen LogP contribution is -2.30. The summed E-state index contributed by atoms with van der Waals surface area (Å²) < 4.78 is 26.5. The van der Waals surface area contributed by atoms with E-state index in [9.17, 15) is 8.42 Å². The largest absolute Gasteiger partial charge is 0.306 e. The average molecular weight is 381 g/mol. The second-order valence-corrected chi connectivity index (χ2v) is 8.27. The van der Waals surface area contributed by atoms with Crippen LogP contribution in [0.5, 0.6) is 0 Å². The number of rotatable bonds is 8. The number of nitrogens with one attached hydrogen (secondary N) is 1. The highest BCUT2D eigenvalue weighted by Crippen LogP contribution is 2.20. The summed E-state index contributed by atoms with van der Waals surface area (Å²) in [5, 5.41) is 4.15. The van der Waals surface area contributed by atoms with Gasteiger partial charge in [0.05, 0.1) is 4.90 Å². The molecule has 1 atom stereocenters. The van der Waals surface area contributed by atoms with E-state index in [4.69, 9.17) is 11.6 Å². The molecule has 0 heterocycles. The number of nitrogens with zero attached hydrogens (tertiary/aromatic N) is 1. The molecule has 2 aromatic rings. The van der Waals surface area contributed by atoms with Crippen LogP contribution < -0.4 is 5.32 Å². The topological polar surface area (TPSA) is 49.4 Å². The van der Waals surface area contributed by atoms with Gasteiger partial charge in [0.25, 0.3) is 0 Å². The van der Waals surface area contributed by atoms with Crippen molar-refractivity contribution < 1.29 is 8.42 Å². The maximum Gasteiger partial charge on any atom is 0.243 e. The average Bonchev–Trinajstić information content (AvgIpc) is 2.60. The molecule has 2 rings (SSSR count). The van der Waals surface area contributed by atoms with E-state index in [2.05, 4.69) is 12.2 Å². The number of halogens is 1. The van der Waals surface area contributed by atoms with Crippen molar-refractivity contribution in [1.29, 1.82) is 0 Å². The number of hydrogen-bond donors (Lipinski definition) is 1. The van der Waals surface area contributed by atoms with E-state index in [0.29, 0.717) is 24.5 Å². The fourth-order valence-electron chi connectivity index (χ4n) is 2.68. The van der Waals surface area contributed by atoms with Crippen LogP contribution in [0.25, 0.3) is 0 Å². The van der Waals surface area contributed by atoms with Gasteiger partial charge in [-0.1, -0.05) is 49.7 Å². The van der Waals surface area contributed by atoms with Crippen LogP contribution in [0.15, 0.2) is 53.4 Å². The zero-order valence-corrected chi connectivity index (χ0v) is 16.4. The van der Waals surface area contributed by atoms with Gasteiger partial charge in [-0.2, -0.15) is 4.31 Å². The molecule has 2 aromatic carbocycles. The quantitative estimate of drug-likeness (QED) is 0.745. The molecule has 0 aliphatic heterocycles.